The molecule has 1 aromatic carbocycles. The Morgan fingerprint density at radius 2 is 1.85 bits per heavy atom. The Kier molecular flexibility index (Phi) is 3.67. The number of carboxylic acid groups (broad SMARTS) is 1. The first-order valence-electron chi connectivity index (χ1n) is 5.37. The third-order valence-electron chi connectivity index (χ3n) is 2.61. The number of thiazole rings is 1. The number of benzene rings is 1. The van der Waals surface area contributed by atoms with E-state index < -0.39 is 22.7 Å². The predicted octanol–water partition coefficient (Wildman–Crippen LogP) is 2.68. The molecular weight excluding hydrogens is 295 g/mol. The smallest absolute Gasteiger partial charge is 0.432 e. The van der Waals surface area contributed by atoms with Crippen molar-refractivity contribution in [2.24, 2.45) is 0 Å². The second kappa shape index (κ2) is 5.12. The number of hydrogen-bond donors (Lipinski definition) is 1. The summed E-state index contributed by atoms with van der Waals surface area (Å²) < 4.78 is 38.7. The highest BCUT2D eigenvalue weighted by atomic mass is 32.1. The fraction of sp³-hybridized carbons (Fsp3) is 0.167. The van der Waals surface area contributed by atoms with E-state index in [1.807, 2.05) is 0 Å². The molecule has 0 unspecified atom stereocenters. The monoisotopic (exact) mass is 303 g/mol. The third kappa shape index (κ3) is 2.90. The summed E-state index contributed by atoms with van der Waals surface area (Å²) in [7, 11) is 0. The van der Waals surface area contributed by atoms with Gasteiger partial charge >= 0.3 is 17.0 Å². The van der Waals surface area contributed by atoms with Gasteiger partial charge in [0.2, 0.25) is 0 Å². The van der Waals surface area contributed by atoms with Crippen LogP contribution >= 0.6 is 11.3 Å². The van der Waals surface area contributed by atoms with Crippen molar-refractivity contribution in [3.63, 3.8) is 0 Å². The quantitative estimate of drug-likeness (QED) is 0.948. The molecule has 2 aromatic rings. The SMILES string of the molecule is O=C(O)c1ccc(Cn2c(C(F)(F)F)csc2=O)cc1. The zero-order valence-electron chi connectivity index (χ0n) is 9.85. The van der Waals surface area contributed by atoms with E-state index >= 15 is 0 Å². The minimum atomic E-state index is -4.60. The molecule has 4 nitrogen and oxygen atoms in total. The van der Waals surface area contributed by atoms with Gasteiger partial charge in [0.15, 0.2) is 0 Å². The molecule has 0 atom stereocenters. The van der Waals surface area contributed by atoms with Gasteiger partial charge in [-0.1, -0.05) is 23.5 Å². The normalized spacial score (nSPS) is 11.6. The number of aromatic carboxylic acids is 1. The van der Waals surface area contributed by atoms with Crippen LogP contribution in [-0.2, 0) is 12.7 Å². The van der Waals surface area contributed by atoms with Gasteiger partial charge in [0.1, 0.15) is 5.69 Å². The van der Waals surface area contributed by atoms with Crippen molar-refractivity contribution >= 4 is 17.3 Å². The van der Waals surface area contributed by atoms with Crippen LogP contribution in [-0.4, -0.2) is 15.6 Å². The first kappa shape index (κ1) is 14.3. The van der Waals surface area contributed by atoms with E-state index in [1.54, 1.807) is 0 Å². The molecule has 0 saturated carbocycles. The van der Waals surface area contributed by atoms with Gasteiger partial charge < -0.3 is 5.11 Å². The van der Waals surface area contributed by atoms with Gasteiger partial charge in [-0.3, -0.25) is 9.36 Å². The van der Waals surface area contributed by atoms with Crippen LogP contribution in [0.3, 0.4) is 0 Å². The Balaban J connectivity index is 2.33. The minimum absolute atomic E-state index is 0.0301. The number of aromatic nitrogens is 1. The molecule has 106 valence electrons. The number of carboxylic acids is 1. The Morgan fingerprint density at radius 3 is 2.35 bits per heavy atom. The number of nitrogens with zero attached hydrogens (tertiary/aromatic N) is 1. The van der Waals surface area contributed by atoms with Crippen molar-refractivity contribution in [1.82, 2.24) is 4.57 Å². The summed E-state index contributed by atoms with van der Waals surface area (Å²) in [6.07, 6.45) is -4.60. The first-order valence-corrected chi connectivity index (χ1v) is 6.25. The molecule has 1 aromatic heterocycles. The molecule has 0 aliphatic carbocycles. The van der Waals surface area contributed by atoms with Crippen molar-refractivity contribution in [2.75, 3.05) is 0 Å². The minimum Gasteiger partial charge on any atom is -0.478 e. The maximum Gasteiger partial charge on any atom is 0.432 e. The average Bonchev–Trinajstić information content (AvgIpc) is 2.71. The van der Waals surface area contributed by atoms with E-state index in [9.17, 15) is 22.8 Å². The number of carbonyl (C=O) groups is 1. The highest BCUT2D eigenvalue weighted by molar-refractivity contribution is 7.07. The predicted molar refractivity (Wildman–Crippen MR) is 66.1 cm³/mol. The second-order valence-corrected chi connectivity index (χ2v) is 4.79. The molecule has 0 bridgehead atoms. The van der Waals surface area contributed by atoms with Gasteiger partial charge in [-0.2, -0.15) is 13.2 Å². The Bertz CT molecular complexity index is 685. The van der Waals surface area contributed by atoms with E-state index in [4.69, 9.17) is 5.11 Å². The van der Waals surface area contributed by atoms with E-state index in [2.05, 4.69) is 0 Å². The topological polar surface area (TPSA) is 59.3 Å². The van der Waals surface area contributed by atoms with Crippen molar-refractivity contribution in [3.05, 3.63) is 56.1 Å². The lowest BCUT2D eigenvalue weighted by Gasteiger charge is -2.10. The number of rotatable bonds is 3. The first-order chi connectivity index (χ1) is 9.29. The maximum absolute atomic E-state index is 12.7. The van der Waals surface area contributed by atoms with Crippen LogP contribution in [0.5, 0.6) is 0 Å². The summed E-state index contributed by atoms with van der Waals surface area (Å²) in [5.41, 5.74) is -0.557. The number of hydrogen-bond acceptors (Lipinski definition) is 3. The third-order valence-corrected chi connectivity index (χ3v) is 3.38. The number of alkyl halides is 3. The summed E-state index contributed by atoms with van der Waals surface area (Å²) in [6.45, 7) is -0.253. The molecule has 20 heavy (non-hydrogen) atoms. The largest absolute Gasteiger partial charge is 0.478 e. The van der Waals surface area contributed by atoms with Crippen molar-refractivity contribution in [3.8, 4) is 0 Å². The Morgan fingerprint density at radius 1 is 1.25 bits per heavy atom. The highest BCUT2D eigenvalue weighted by Crippen LogP contribution is 2.29. The second-order valence-electron chi connectivity index (χ2n) is 3.97. The molecule has 0 saturated heterocycles. The van der Waals surface area contributed by atoms with Crippen LogP contribution in [0.4, 0.5) is 13.2 Å². The van der Waals surface area contributed by atoms with E-state index in [0.717, 1.165) is 5.38 Å². The van der Waals surface area contributed by atoms with Crippen molar-refractivity contribution < 1.29 is 23.1 Å². The summed E-state index contributed by atoms with van der Waals surface area (Å²) in [6, 6.07) is 5.33. The molecule has 2 rings (SSSR count). The Labute approximate surface area is 114 Å². The van der Waals surface area contributed by atoms with Crippen LogP contribution in [0.15, 0.2) is 34.4 Å². The number of halogens is 3. The molecule has 0 fully saturated rings. The molecule has 1 heterocycles. The van der Waals surface area contributed by atoms with Crippen molar-refractivity contribution in [2.45, 2.75) is 12.7 Å². The van der Waals surface area contributed by atoms with Crippen LogP contribution in [0, 0.1) is 0 Å². The molecule has 0 spiro atoms. The zero-order valence-corrected chi connectivity index (χ0v) is 10.7. The fourth-order valence-corrected chi connectivity index (χ4v) is 2.40. The van der Waals surface area contributed by atoms with Crippen LogP contribution in [0.25, 0.3) is 0 Å². The van der Waals surface area contributed by atoms with Gasteiger partial charge in [0.05, 0.1) is 12.1 Å². The van der Waals surface area contributed by atoms with Crippen LogP contribution in [0.1, 0.15) is 21.6 Å². The summed E-state index contributed by atoms with van der Waals surface area (Å²) in [5, 5.41) is 9.50. The Hall–Kier alpha value is -2.09. The van der Waals surface area contributed by atoms with Gasteiger partial charge in [0.25, 0.3) is 0 Å². The average molecular weight is 303 g/mol. The maximum atomic E-state index is 12.7. The zero-order chi connectivity index (χ0) is 14.9. The molecule has 0 radical (unpaired) electrons. The lowest BCUT2D eigenvalue weighted by Crippen LogP contribution is -2.22. The lowest BCUT2D eigenvalue weighted by atomic mass is 10.1. The van der Waals surface area contributed by atoms with Crippen LogP contribution in [0.2, 0.25) is 0 Å². The fourth-order valence-electron chi connectivity index (χ4n) is 1.64. The van der Waals surface area contributed by atoms with E-state index in [0.29, 0.717) is 21.5 Å². The van der Waals surface area contributed by atoms with Crippen LogP contribution < -0.4 is 4.87 Å². The lowest BCUT2D eigenvalue weighted by molar-refractivity contribution is -0.143. The van der Waals surface area contributed by atoms with Gasteiger partial charge in [-0.05, 0) is 17.7 Å². The molecule has 0 aliphatic rings. The molecule has 8 heteroatoms. The highest BCUT2D eigenvalue weighted by Gasteiger charge is 2.35. The van der Waals surface area contributed by atoms with Gasteiger partial charge in [-0.25, -0.2) is 4.79 Å². The molecule has 0 aliphatic heterocycles. The summed E-state index contributed by atoms with van der Waals surface area (Å²) in [5.74, 6) is -1.12. The van der Waals surface area contributed by atoms with Crippen molar-refractivity contribution in [1.29, 1.82) is 0 Å². The van der Waals surface area contributed by atoms with Gasteiger partial charge in [0, 0.05) is 5.38 Å². The molecule has 0 amide bonds. The van der Waals surface area contributed by atoms with E-state index in [-0.39, 0.29) is 12.1 Å². The summed E-state index contributed by atoms with van der Waals surface area (Å²) >= 11 is 0.478. The van der Waals surface area contributed by atoms with E-state index in [1.165, 1.54) is 24.3 Å². The molecule has 1 N–H and O–H groups in total. The standard InChI is InChI=1S/C12H8F3NO3S/c13-12(14,15)9-6-20-11(19)16(9)5-7-1-3-8(4-2-7)10(17)18/h1-4,6H,5H2,(H,17,18). The van der Waals surface area contributed by atoms with Gasteiger partial charge in [-0.15, -0.1) is 0 Å². The molecular formula is C12H8F3NO3S. The summed E-state index contributed by atoms with van der Waals surface area (Å²) in [4.78, 5) is 21.4.